The molecule has 152 valence electrons. The molecule has 1 fully saturated rings. The van der Waals surface area contributed by atoms with Crippen molar-refractivity contribution in [2.24, 2.45) is 0 Å². The van der Waals surface area contributed by atoms with Crippen LogP contribution in [0.15, 0.2) is 41.2 Å². The summed E-state index contributed by atoms with van der Waals surface area (Å²) in [6.45, 7) is 0.802. The number of aromatic amines is 1. The Morgan fingerprint density at radius 3 is 2.97 bits per heavy atom. The van der Waals surface area contributed by atoms with Crippen LogP contribution in [0.4, 0.5) is 0 Å². The maximum atomic E-state index is 13.5. The summed E-state index contributed by atoms with van der Waals surface area (Å²) in [6, 6.07) is 11.5. The summed E-state index contributed by atoms with van der Waals surface area (Å²) in [6.07, 6.45) is 1.32. The highest BCUT2D eigenvalue weighted by atomic mass is 16.5. The third kappa shape index (κ3) is 1.66. The highest BCUT2D eigenvalue weighted by Crippen LogP contribution is 2.67. The smallest absolute Gasteiger partial charge is 0.193 e. The molecular formula is C24H22N2O4. The SMILES string of the molecule is COc1ccc2c3c1OC1c4[nH]c5ccccc5c(=O)c4CC4(O)[C@@H](C2)NCC[C@]314. The van der Waals surface area contributed by atoms with Crippen molar-refractivity contribution in [2.75, 3.05) is 13.7 Å². The number of benzene rings is 2. The minimum Gasteiger partial charge on any atom is -0.493 e. The molecule has 0 saturated carbocycles. The molecule has 0 radical (unpaired) electrons. The van der Waals surface area contributed by atoms with Gasteiger partial charge < -0.3 is 24.9 Å². The molecule has 7 rings (SSSR count). The van der Waals surface area contributed by atoms with Gasteiger partial charge in [-0.05, 0) is 43.1 Å². The topological polar surface area (TPSA) is 83.6 Å². The summed E-state index contributed by atoms with van der Waals surface area (Å²) in [5.74, 6) is 1.40. The quantitative estimate of drug-likeness (QED) is 0.581. The molecule has 3 N–H and O–H groups in total. The molecule has 1 spiro atoms. The first kappa shape index (κ1) is 16.9. The van der Waals surface area contributed by atoms with Crippen LogP contribution < -0.4 is 20.2 Å². The first-order valence-corrected chi connectivity index (χ1v) is 10.5. The van der Waals surface area contributed by atoms with Crippen molar-refractivity contribution in [3.8, 4) is 11.5 Å². The summed E-state index contributed by atoms with van der Waals surface area (Å²) in [5.41, 5.74) is 2.81. The van der Waals surface area contributed by atoms with E-state index in [2.05, 4.69) is 16.4 Å². The highest BCUT2D eigenvalue weighted by molar-refractivity contribution is 5.80. The van der Waals surface area contributed by atoms with Crippen LogP contribution in [0.2, 0.25) is 0 Å². The predicted molar refractivity (Wildman–Crippen MR) is 111 cm³/mol. The highest BCUT2D eigenvalue weighted by Gasteiger charge is 2.71. The molecule has 2 aromatic carbocycles. The van der Waals surface area contributed by atoms with Gasteiger partial charge in [-0.3, -0.25) is 4.79 Å². The second kappa shape index (κ2) is 5.25. The largest absolute Gasteiger partial charge is 0.493 e. The van der Waals surface area contributed by atoms with E-state index < -0.39 is 17.1 Å². The molecule has 6 nitrogen and oxygen atoms in total. The van der Waals surface area contributed by atoms with Crippen LogP contribution in [0, 0.1) is 0 Å². The molecule has 3 aromatic rings. The van der Waals surface area contributed by atoms with Gasteiger partial charge in [0.2, 0.25) is 0 Å². The number of nitrogens with one attached hydrogen (secondary N) is 2. The predicted octanol–water partition coefficient (Wildman–Crippen LogP) is 2.11. The molecule has 4 atom stereocenters. The Morgan fingerprint density at radius 1 is 1.23 bits per heavy atom. The Hall–Kier alpha value is -2.83. The molecular weight excluding hydrogens is 380 g/mol. The second-order valence-electron chi connectivity index (χ2n) is 9.05. The van der Waals surface area contributed by atoms with E-state index in [0.29, 0.717) is 29.5 Å². The third-order valence-corrected chi connectivity index (χ3v) is 7.99. The lowest BCUT2D eigenvalue weighted by Gasteiger charge is -2.60. The molecule has 2 unspecified atom stereocenters. The zero-order valence-corrected chi connectivity index (χ0v) is 16.6. The number of aliphatic hydroxyl groups is 1. The summed E-state index contributed by atoms with van der Waals surface area (Å²) in [4.78, 5) is 17.0. The number of ether oxygens (including phenoxy) is 2. The lowest BCUT2D eigenvalue weighted by Crippen LogP contribution is -2.74. The Labute approximate surface area is 172 Å². The van der Waals surface area contributed by atoms with E-state index in [1.807, 2.05) is 30.3 Å². The van der Waals surface area contributed by atoms with Crippen LogP contribution in [0.3, 0.4) is 0 Å². The third-order valence-electron chi connectivity index (χ3n) is 7.99. The van der Waals surface area contributed by atoms with E-state index in [1.54, 1.807) is 7.11 Å². The van der Waals surface area contributed by atoms with E-state index in [9.17, 15) is 9.90 Å². The van der Waals surface area contributed by atoms with Gasteiger partial charge in [0.1, 0.15) is 0 Å². The minimum absolute atomic E-state index is 0.0157. The minimum atomic E-state index is -1.09. The molecule has 3 heterocycles. The Morgan fingerprint density at radius 2 is 2.10 bits per heavy atom. The lowest BCUT2D eigenvalue weighted by atomic mass is 9.49. The van der Waals surface area contributed by atoms with E-state index >= 15 is 0 Å². The lowest BCUT2D eigenvalue weighted by molar-refractivity contribution is -0.134. The van der Waals surface area contributed by atoms with Crippen molar-refractivity contribution >= 4 is 10.9 Å². The van der Waals surface area contributed by atoms with Crippen molar-refractivity contribution in [1.29, 1.82) is 0 Å². The van der Waals surface area contributed by atoms with Crippen LogP contribution in [-0.4, -0.2) is 35.4 Å². The van der Waals surface area contributed by atoms with Crippen LogP contribution in [0.25, 0.3) is 10.9 Å². The summed E-state index contributed by atoms with van der Waals surface area (Å²) in [5, 5.41) is 16.5. The summed E-state index contributed by atoms with van der Waals surface area (Å²) < 4.78 is 12.2. The van der Waals surface area contributed by atoms with Gasteiger partial charge in [-0.25, -0.2) is 0 Å². The van der Waals surface area contributed by atoms with Crippen molar-refractivity contribution in [3.05, 3.63) is 69.0 Å². The van der Waals surface area contributed by atoms with Gasteiger partial charge in [-0.2, -0.15) is 0 Å². The maximum Gasteiger partial charge on any atom is 0.193 e. The van der Waals surface area contributed by atoms with Crippen molar-refractivity contribution < 1.29 is 14.6 Å². The fourth-order valence-corrected chi connectivity index (χ4v) is 6.74. The molecule has 4 aliphatic rings. The van der Waals surface area contributed by atoms with Gasteiger partial charge in [0.05, 0.1) is 23.8 Å². The number of H-pyrrole nitrogens is 1. The van der Waals surface area contributed by atoms with Crippen LogP contribution in [-0.2, 0) is 18.3 Å². The fraction of sp³-hybridized carbons (Fsp3) is 0.375. The van der Waals surface area contributed by atoms with E-state index in [1.165, 1.54) is 5.56 Å². The first-order valence-electron chi connectivity index (χ1n) is 10.5. The van der Waals surface area contributed by atoms with Gasteiger partial charge in [0, 0.05) is 34.5 Å². The number of piperidine rings is 1. The molecule has 2 aliphatic heterocycles. The van der Waals surface area contributed by atoms with E-state index in [0.717, 1.165) is 35.5 Å². The standard InChI is InChI=1S/C24H22N2O4/c1-29-16-7-6-12-10-17-24(28)11-14-19(26-15-5-3-2-4-13(15)20(14)27)22-23(24,8-9-25-17)18(12)21(16)30-22/h2-7,17,22,25,28H,8-11H2,1H3,(H,26,27)/t17-,22?,23+,24?/m1/s1. The number of aromatic nitrogens is 1. The van der Waals surface area contributed by atoms with Gasteiger partial charge in [-0.15, -0.1) is 0 Å². The summed E-state index contributed by atoms with van der Waals surface area (Å²) >= 11 is 0. The van der Waals surface area contributed by atoms with E-state index in [-0.39, 0.29) is 11.5 Å². The molecule has 1 saturated heterocycles. The number of hydrogen-bond acceptors (Lipinski definition) is 5. The van der Waals surface area contributed by atoms with Gasteiger partial charge in [-0.1, -0.05) is 18.2 Å². The Balaban J connectivity index is 1.61. The molecule has 2 bridgehead atoms. The number of rotatable bonds is 1. The molecule has 30 heavy (non-hydrogen) atoms. The average molecular weight is 402 g/mol. The van der Waals surface area contributed by atoms with Crippen molar-refractivity contribution in [3.63, 3.8) is 0 Å². The normalized spacial score (nSPS) is 32.3. The zero-order chi connectivity index (χ0) is 20.3. The molecule has 0 amide bonds. The number of fused-ring (bicyclic) bond motifs is 3. The maximum absolute atomic E-state index is 13.5. The van der Waals surface area contributed by atoms with E-state index in [4.69, 9.17) is 9.47 Å². The summed E-state index contributed by atoms with van der Waals surface area (Å²) in [7, 11) is 1.64. The number of methoxy groups -OCH3 is 1. The average Bonchev–Trinajstić information content (AvgIpc) is 3.09. The van der Waals surface area contributed by atoms with Crippen LogP contribution in [0.5, 0.6) is 11.5 Å². The van der Waals surface area contributed by atoms with Gasteiger partial charge in [0.15, 0.2) is 23.0 Å². The first-order chi connectivity index (χ1) is 14.6. The molecule has 6 heteroatoms. The zero-order valence-electron chi connectivity index (χ0n) is 16.6. The Bertz CT molecular complexity index is 1310. The number of hydrogen-bond donors (Lipinski definition) is 3. The molecule has 1 aromatic heterocycles. The molecule has 2 aliphatic carbocycles. The fourth-order valence-electron chi connectivity index (χ4n) is 6.74. The Kier molecular flexibility index (Phi) is 2.96. The van der Waals surface area contributed by atoms with Crippen molar-refractivity contribution in [1.82, 2.24) is 10.3 Å². The van der Waals surface area contributed by atoms with Crippen LogP contribution in [0.1, 0.15) is 34.9 Å². The van der Waals surface area contributed by atoms with Gasteiger partial charge >= 0.3 is 0 Å². The van der Waals surface area contributed by atoms with Crippen molar-refractivity contribution in [2.45, 2.75) is 42.4 Å². The van der Waals surface area contributed by atoms with Gasteiger partial charge in [0.25, 0.3) is 0 Å². The number of para-hydroxylation sites is 1. The number of pyridine rings is 1. The second-order valence-corrected chi connectivity index (χ2v) is 9.05. The monoisotopic (exact) mass is 402 g/mol. The van der Waals surface area contributed by atoms with Crippen LogP contribution >= 0.6 is 0 Å².